The van der Waals surface area contributed by atoms with Gasteiger partial charge in [0.05, 0.1) is 0 Å². The maximum absolute atomic E-state index is 5.94. The zero-order chi connectivity index (χ0) is 9.52. The van der Waals surface area contributed by atoms with Gasteiger partial charge in [-0.2, -0.15) is 0 Å². The molecular weight excluding hydrogens is 176 g/mol. The molecule has 1 aliphatic rings. The van der Waals surface area contributed by atoms with Crippen LogP contribution in [0.25, 0.3) is 0 Å². The second-order valence-electron chi connectivity index (χ2n) is 4.25. The average molecular weight is 200 g/mol. The first-order valence-electron chi connectivity index (χ1n) is 5.98. The molecule has 0 aromatic heterocycles. The summed E-state index contributed by atoms with van der Waals surface area (Å²) >= 11 is 0. The maximum Gasteiger partial charge on any atom is 0.176 e. The lowest BCUT2D eigenvalue weighted by atomic mass is 10.1. The van der Waals surface area contributed by atoms with Gasteiger partial charge in [0.25, 0.3) is 0 Å². The van der Waals surface area contributed by atoms with Gasteiger partial charge in [0.15, 0.2) is 9.04 Å². The van der Waals surface area contributed by atoms with Crippen molar-refractivity contribution in [3.05, 3.63) is 0 Å². The fraction of sp³-hybridized carbons (Fsp3) is 1.00. The summed E-state index contributed by atoms with van der Waals surface area (Å²) < 4.78 is 5.94. The molecule has 0 atom stereocenters. The van der Waals surface area contributed by atoms with Crippen LogP contribution in [0.2, 0.25) is 12.1 Å². The first-order chi connectivity index (χ1) is 6.36. The molecule has 0 heterocycles. The van der Waals surface area contributed by atoms with E-state index in [4.69, 9.17) is 4.43 Å². The SMILES string of the molecule is CC[SiH](CC)OCCC1CCCC1. The van der Waals surface area contributed by atoms with Crippen LogP contribution in [0.4, 0.5) is 0 Å². The van der Waals surface area contributed by atoms with E-state index in [1.165, 1.54) is 44.2 Å². The highest BCUT2D eigenvalue weighted by Crippen LogP contribution is 2.27. The second-order valence-corrected chi connectivity index (χ2v) is 7.46. The van der Waals surface area contributed by atoms with Crippen molar-refractivity contribution in [3.63, 3.8) is 0 Å². The van der Waals surface area contributed by atoms with Gasteiger partial charge in [-0.05, 0) is 24.4 Å². The number of rotatable bonds is 6. The smallest absolute Gasteiger partial charge is 0.176 e. The molecule has 0 unspecified atom stereocenters. The van der Waals surface area contributed by atoms with E-state index in [1.807, 2.05) is 0 Å². The van der Waals surface area contributed by atoms with Crippen LogP contribution in [0.1, 0.15) is 46.0 Å². The normalized spacial score (nSPS) is 18.7. The Kier molecular flexibility index (Phi) is 5.72. The summed E-state index contributed by atoms with van der Waals surface area (Å²) in [7, 11) is -0.753. The van der Waals surface area contributed by atoms with E-state index in [1.54, 1.807) is 0 Å². The molecule has 0 aliphatic heterocycles. The maximum atomic E-state index is 5.94. The molecule has 0 saturated heterocycles. The zero-order valence-corrected chi connectivity index (χ0v) is 10.4. The molecule has 0 bridgehead atoms. The van der Waals surface area contributed by atoms with Gasteiger partial charge in [0, 0.05) is 6.61 Å². The van der Waals surface area contributed by atoms with Crippen LogP contribution < -0.4 is 0 Å². The molecule has 1 fully saturated rings. The zero-order valence-electron chi connectivity index (χ0n) is 9.22. The van der Waals surface area contributed by atoms with E-state index in [0.29, 0.717) is 0 Å². The first kappa shape index (κ1) is 11.3. The minimum absolute atomic E-state index is 0.753. The van der Waals surface area contributed by atoms with E-state index in [-0.39, 0.29) is 0 Å². The molecule has 0 radical (unpaired) electrons. The predicted molar refractivity (Wildman–Crippen MR) is 60.6 cm³/mol. The van der Waals surface area contributed by atoms with Crippen molar-refractivity contribution in [1.82, 2.24) is 0 Å². The Bertz CT molecular complexity index is 115. The molecular formula is C11H24OSi. The average Bonchev–Trinajstić information content (AvgIpc) is 2.65. The molecule has 0 aromatic carbocycles. The van der Waals surface area contributed by atoms with Crippen molar-refractivity contribution < 1.29 is 4.43 Å². The lowest BCUT2D eigenvalue weighted by Gasteiger charge is -2.14. The lowest BCUT2D eigenvalue weighted by Crippen LogP contribution is -2.17. The molecule has 0 spiro atoms. The lowest BCUT2D eigenvalue weighted by molar-refractivity contribution is 0.280. The van der Waals surface area contributed by atoms with Crippen LogP contribution in [0, 0.1) is 5.92 Å². The fourth-order valence-electron chi connectivity index (χ4n) is 2.22. The Labute approximate surface area is 84.6 Å². The second kappa shape index (κ2) is 6.60. The van der Waals surface area contributed by atoms with Crippen molar-refractivity contribution in [2.24, 2.45) is 5.92 Å². The summed E-state index contributed by atoms with van der Waals surface area (Å²) in [5, 5.41) is 0. The summed E-state index contributed by atoms with van der Waals surface area (Å²) in [5.41, 5.74) is 0. The Morgan fingerprint density at radius 2 is 1.77 bits per heavy atom. The Morgan fingerprint density at radius 3 is 2.31 bits per heavy atom. The Balaban J connectivity index is 1.98. The third-order valence-electron chi connectivity index (χ3n) is 3.27. The van der Waals surface area contributed by atoms with Gasteiger partial charge in [0.2, 0.25) is 0 Å². The monoisotopic (exact) mass is 200 g/mol. The summed E-state index contributed by atoms with van der Waals surface area (Å²) in [6, 6.07) is 2.61. The standard InChI is InChI=1S/C11H24OSi/c1-3-13(4-2)12-10-9-11-7-5-6-8-11/h11,13H,3-10H2,1-2H3. The first-order valence-corrected chi connectivity index (χ1v) is 8.08. The van der Waals surface area contributed by atoms with E-state index < -0.39 is 9.04 Å². The molecule has 1 nitrogen and oxygen atoms in total. The summed E-state index contributed by atoms with van der Waals surface area (Å²) in [6.07, 6.45) is 7.20. The van der Waals surface area contributed by atoms with E-state index >= 15 is 0 Å². The molecule has 78 valence electrons. The van der Waals surface area contributed by atoms with Crippen molar-refractivity contribution in [1.29, 1.82) is 0 Å². The molecule has 2 heteroatoms. The van der Waals surface area contributed by atoms with Crippen molar-refractivity contribution in [2.75, 3.05) is 6.61 Å². The molecule has 1 aliphatic carbocycles. The molecule has 1 rings (SSSR count). The van der Waals surface area contributed by atoms with Crippen molar-refractivity contribution >= 4 is 9.04 Å². The molecule has 0 N–H and O–H groups in total. The number of hydrogen-bond acceptors (Lipinski definition) is 1. The third kappa shape index (κ3) is 4.27. The van der Waals surface area contributed by atoms with Crippen LogP contribution in [0.15, 0.2) is 0 Å². The van der Waals surface area contributed by atoms with Crippen molar-refractivity contribution in [2.45, 2.75) is 58.0 Å². The Hall–Kier alpha value is 0.177. The predicted octanol–water partition coefficient (Wildman–Crippen LogP) is 3.35. The minimum atomic E-state index is -0.753. The van der Waals surface area contributed by atoms with Gasteiger partial charge in [-0.25, -0.2) is 0 Å². The number of hydrogen-bond donors (Lipinski definition) is 0. The van der Waals surface area contributed by atoms with Gasteiger partial charge >= 0.3 is 0 Å². The molecule has 13 heavy (non-hydrogen) atoms. The van der Waals surface area contributed by atoms with Crippen LogP contribution in [-0.2, 0) is 4.43 Å². The quantitative estimate of drug-likeness (QED) is 0.598. The van der Waals surface area contributed by atoms with E-state index in [0.717, 1.165) is 12.5 Å². The summed E-state index contributed by atoms with van der Waals surface area (Å²) in [6.45, 7) is 5.61. The third-order valence-corrected chi connectivity index (χ3v) is 5.79. The largest absolute Gasteiger partial charge is 0.420 e. The highest BCUT2D eigenvalue weighted by molar-refractivity contribution is 6.51. The minimum Gasteiger partial charge on any atom is -0.420 e. The fourth-order valence-corrected chi connectivity index (χ4v) is 3.74. The molecule has 0 aromatic rings. The molecule has 1 saturated carbocycles. The van der Waals surface area contributed by atoms with Gasteiger partial charge in [-0.15, -0.1) is 0 Å². The van der Waals surface area contributed by atoms with Crippen LogP contribution in [0.5, 0.6) is 0 Å². The highest BCUT2D eigenvalue weighted by atomic mass is 28.3. The van der Waals surface area contributed by atoms with E-state index in [2.05, 4.69) is 13.8 Å². The van der Waals surface area contributed by atoms with Gasteiger partial charge in [-0.1, -0.05) is 39.5 Å². The van der Waals surface area contributed by atoms with Gasteiger partial charge < -0.3 is 4.43 Å². The van der Waals surface area contributed by atoms with Crippen LogP contribution >= 0.6 is 0 Å². The summed E-state index contributed by atoms with van der Waals surface area (Å²) in [4.78, 5) is 0. The summed E-state index contributed by atoms with van der Waals surface area (Å²) in [5.74, 6) is 1.00. The van der Waals surface area contributed by atoms with Crippen LogP contribution in [0.3, 0.4) is 0 Å². The van der Waals surface area contributed by atoms with Gasteiger partial charge in [0.1, 0.15) is 0 Å². The van der Waals surface area contributed by atoms with E-state index in [9.17, 15) is 0 Å². The molecule has 0 amide bonds. The Morgan fingerprint density at radius 1 is 1.15 bits per heavy atom. The van der Waals surface area contributed by atoms with Crippen LogP contribution in [-0.4, -0.2) is 15.6 Å². The van der Waals surface area contributed by atoms with Crippen molar-refractivity contribution in [3.8, 4) is 0 Å². The highest BCUT2D eigenvalue weighted by Gasteiger charge is 2.15. The van der Waals surface area contributed by atoms with Gasteiger partial charge in [-0.3, -0.25) is 0 Å². The topological polar surface area (TPSA) is 9.23 Å².